The second-order valence-electron chi connectivity index (χ2n) is 6.57. The predicted octanol–water partition coefficient (Wildman–Crippen LogP) is 2.39. The number of hydrogen-bond acceptors (Lipinski definition) is 5. The van der Waals surface area contributed by atoms with Crippen LogP contribution in [0.1, 0.15) is 35.3 Å². The maximum atomic E-state index is 12.4. The number of nitrogens with one attached hydrogen (secondary N) is 2. The van der Waals surface area contributed by atoms with Crippen LogP contribution in [0.5, 0.6) is 0 Å². The van der Waals surface area contributed by atoms with E-state index in [1.165, 1.54) is 5.56 Å². The Bertz CT molecular complexity index is 723. The number of carbonyl (C=O) groups excluding carboxylic acids is 1. The molecule has 1 aromatic heterocycles. The SMILES string of the molecule is CCOCCCNC(=O)c1ccnc(N2CCN[C@@H](c3ccccc3)C2)c1. The van der Waals surface area contributed by atoms with Crippen LogP contribution < -0.4 is 15.5 Å². The average Bonchev–Trinajstić information content (AvgIpc) is 2.74. The van der Waals surface area contributed by atoms with Crippen molar-refractivity contribution < 1.29 is 9.53 Å². The van der Waals surface area contributed by atoms with Crippen molar-refractivity contribution in [1.82, 2.24) is 15.6 Å². The minimum absolute atomic E-state index is 0.0649. The smallest absolute Gasteiger partial charge is 0.251 e. The molecule has 0 unspecified atom stereocenters. The Kier molecular flexibility index (Phi) is 7.19. The van der Waals surface area contributed by atoms with Gasteiger partial charge in [-0.25, -0.2) is 4.98 Å². The number of hydrogen-bond donors (Lipinski definition) is 2. The van der Waals surface area contributed by atoms with Crippen molar-refractivity contribution in [3.63, 3.8) is 0 Å². The van der Waals surface area contributed by atoms with E-state index < -0.39 is 0 Å². The third-order valence-electron chi connectivity index (χ3n) is 4.66. The maximum absolute atomic E-state index is 12.4. The van der Waals surface area contributed by atoms with Crippen molar-refractivity contribution in [3.8, 4) is 0 Å². The lowest BCUT2D eigenvalue weighted by molar-refractivity contribution is 0.0944. The van der Waals surface area contributed by atoms with Gasteiger partial charge in [-0.2, -0.15) is 0 Å². The molecule has 1 aliphatic heterocycles. The molecule has 6 nitrogen and oxygen atoms in total. The highest BCUT2D eigenvalue weighted by Gasteiger charge is 2.22. The van der Waals surface area contributed by atoms with Gasteiger partial charge in [0.05, 0.1) is 0 Å². The molecule has 144 valence electrons. The number of nitrogens with zero attached hydrogens (tertiary/aromatic N) is 2. The molecule has 0 aliphatic carbocycles. The third-order valence-corrected chi connectivity index (χ3v) is 4.66. The highest BCUT2D eigenvalue weighted by molar-refractivity contribution is 5.94. The van der Waals surface area contributed by atoms with Gasteiger partial charge in [-0.15, -0.1) is 0 Å². The van der Waals surface area contributed by atoms with Gasteiger partial charge >= 0.3 is 0 Å². The number of rotatable bonds is 8. The molecule has 1 amide bonds. The highest BCUT2D eigenvalue weighted by Crippen LogP contribution is 2.21. The summed E-state index contributed by atoms with van der Waals surface area (Å²) in [5, 5.41) is 6.50. The third kappa shape index (κ3) is 5.52. The van der Waals surface area contributed by atoms with Crippen molar-refractivity contribution in [1.29, 1.82) is 0 Å². The number of amides is 1. The summed E-state index contributed by atoms with van der Waals surface area (Å²) in [5.41, 5.74) is 1.91. The molecule has 1 saturated heterocycles. The zero-order valence-electron chi connectivity index (χ0n) is 15.9. The largest absolute Gasteiger partial charge is 0.382 e. The monoisotopic (exact) mass is 368 g/mol. The summed E-state index contributed by atoms with van der Waals surface area (Å²) in [7, 11) is 0. The first-order chi connectivity index (χ1) is 13.3. The molecule has 0 spiro atoms. The van der Waals surface area contributed by atoms with Gasteiger partial charge in [-0.05, 0) is 31.0 Å². The van der Waals surface area contributed by atoms with Crippen LogP contribution in [0, 0.1) is 0 Å². The zero-order valence-corrected chi connectivity index (χ0v) is 15.9. The summed E-state index contributed by atoms with van der Waals surface area (Å²) in [6.07, 6.45) is 2.53. The lowest BCUT2D eigenvalue weighted by atomic mass is 10.0. The first kappa shape index (κ1) is 19.3. The van der Waals surface area contributed by atoms with E-state index >= 15 is 0 Å². The number of ether oxygens (including phenoxy) is 1. The number of pyridine rings is 1. The summed E-state index contributed by atoms with van der Waals surface area (Å²) in [6, 6.07) is 14.3. The lowest BCUT2D eigenvalue weighted by Crippen LogP contribution is -2.46. The molecule has 0 radical (unpaired) electrons. The van der Waals surface area contributed by atoms with Gasteiger partial charge < -0.3 is 20.3 Å². The topological polar surface area (TPSA) is 66.5 Å². The fraction of sp³-hybridized carbons (Fsp3) is 0.429. The van der Waals surface area contributed by atoms with Gasteiger partial charge in [0.1, 0.15) is 5.82 Å². The first-order valence-electron chi connectivity index (χ1n) is 9.63. The molecule has 0 saturated carbocycles. The van der Waals surface area contributed by atoms with Crippen molar-refractivity contribution in [3.05, 3.63) is 59.8 Å². The maximum Gasteiger partial charge on any atom is 0.251 e. The Balaban J connectivity index is 1.60. The van der Waals surface area contributed by atoms with E-state index in [-0.39, 0.29) is 11.9 Å². The van der Waals surface area contributed by atoms with Crippen molar-refractivity contribution >= 4 is 11.7 Å². The first-order valence-corrected chi connectivity index (χ1v) is 9.63. The molecule has 3 rings (SSSR count). The molecule has 1 aromatic carbocycles. The van der Waals surface area contributed by atoms with E-state index in [0.29, 0.717) is 25.3 Å². The van der Waals surface area contributed by atoms with E-state index in [1.54, 1.807) is 12.3 Å². The normalized spacial score (nSPS) is 16.9. The number of carbonyl (C=O) groups is 1. The number of anilines is 1. The van der Waals surface area contributed by atoms with E-state index in [4.69, 9.17) is 4.74 Å². The Morgan fingerprint density at radius 1 is 1.33 bits per heavy atom. The summed E-state index contributed by atoms with van der Waals surface area (Å²) >= 11 is 0. The molecular weight excluding hydrogens is 340 g/mol. The predicted molar refractivity (Wildman–Crippen MR) is 107 cm³/mol. The Morgan fingerprint density at radius 3 is 3.00 bits per heavy atom. The molecule has 0 bridgehead atoms. The molecule has 6 heteroatoms. The van der Waals surface area contributed by atoms with Crippen molar-refractivity contribution in [2.75, 3.05) is 44.3 Å². The van der Waals surface area contributed by atoms with Crippen LogP contribution in [0.4, 0.5) is 5.82 Å². The average molecular weight is 368 g/mol. The molecular formula is C21H28N4O2. The molecule has 2 aromatic rings. The standard InChI is InChI=1S/C21H28N4O2/c1-2-27-14-6-10-24-21(26)18-9-11-23-20(15-18)25-13-12-22-19(16-25)17-7-4-3-5-8-17/h3-5,7-9,11,15,19,22H,2,6,10,12-14,16H2,1H3,(H,24,26)/t19-/m1/s1. The van der Waals surface area contributed by atoms with E-state index in [0.717, 1.165) is 31.9 Å². The van der Waals surface area contributed by atoms with Crippen LogP contribution in [0.25, 0.3) is 0 Å². The van der Waals surface area contributed by atoms with E-state index in [9.17, 15) is 4.79 Å². The Labute approximate surface area is 160 Å². The molecule has 2 N–H and O–H groups in total. The number of aromatic nitrogens is 1. The summed E-state index contributed by atoms with van der Waals surface area (Å²) in [4.78, 5) is 19.1. The second kappa shape index (κ2) is 10.0. The molecule has 1 fully saturated rings. The number of benzene rings is 1. The minimum Gasteiger partial charge on any atom is -0.382 e. The van der Waals surface area contributed by atoms with Crippen molar-refractivity contribution in [2.24, 2.45) is 0 Å². The van der Waals surface area contributed by atoms with E-state index in [1.807, 2.05) is 19.1 Å². The molecule has 1 atom stereocenters. The van der Waals surface area contributed by atoms with Crippen molar-refractivity contribution in [2.45, 2.75) is 19.4 Å². The fourth-order valence-corrected chi connectivity index (χ4v) is 3.22. The Morgan fingerprint density at radius 2 is 2.19 bits per heavy atom. The molecule has 27 heavy (non-hydrogen) atoms. The van der Waals surface area contributed by atoms with Gasteiger partial charge in [0.15, 0.2) is 0 Å². The summed E-state index contributed by atoms with van der Waals surface area (Å²) < 4.78 is 5.29. The summed E-state index contributed by atoms with van der Waals surface area (Å²) in [5.74, 6) is 0.782. The van der Waals surface area contributed by atoms with Gasteiger partial charge in [-0.1, -0.05) is 30.3 Å². The zero-order chi connectivity index (χ0) is 18.9. The van der Waals surface area contributed by atoms with Gasteiger partial charge in [0.2, 0.25) is 0 Å². The highest BCUT2D eigenvalue weighted by atomic mass is 16.5. The fourth-order valence-electron chi connectivity index (χ4n) is 3.22. The number of piperazine rings is 1. The van der Waals surface area contributed by atoms with Crippen LogP contribution in [0.2, 0.25) is 0 Å². The lowest BCUT2D eigenvalue weighted by Gasteiger charge is -2.34. The molecule has 1 aliphatic rings. The van der Waals surface area contributed by atoms with E-state index in [2.05, 4.69) is 44.8 Å². The van der Waals surface area contributed by atoms with Gasteiger partial charge in [0.25, 0.3) is 5.91 Å². The van der Waals surface area contributed by atoms with Gasteiger partial charge in [-0.3, -0.25) is 4.79 Å². The quantitative estimate of drug-likeness (QED) is 0.701. The van der Waals surface area contributed by atoms with Crippen LogP contribution in [-0.2, 0) is 4.74 Å². The second-order valence-corrected chi connectivity index (χ2v) is 6.57. The summed E-state index contributed by atoms with van der Waals surface area (Å²) in [6.45, 7) is 6.54. The van der Waals surface area contributed by atoms with Crippen LogP contribution in [0.15, 0.2) is 48.7 Å². The van der Waals surface area contributed by atoms with Crippen LogP contribution in [0.3, 0.4) is 0 Å². The molecule has 2 heterocycles. The minimum atomic E-state index is -0.0649. The van der Waals surface area contributed by atoms with Gasteiger partial charge in [0, 0.05) is 57.2 Å². The Hall–Kier alpha value is -2.44. The van der Waals surface area contributed by atoms with Crippen LogP contribution >= 0.6 is 0 Å². The van der Waals surface area contributed by atoms with Crippen LogP contribution in [-0.4, -0.2) is 50.3 Å².